The molecule has 1 saturated carbocycles. The summed E-state index contributed by atoms with van der Waals surface area (Å²) >= 11 is -0.957. The minimum absolute atomic E-state index is 0.0746. The van der Waals surface area contributed by atoms with Crippen LogP contribution in [0.25, 0.3) is 0 Å². The van der Waals surface area contributed by atoms with Crippen molar-refractivity contribution in [3.8, 4) is 0 Å². The number of hydrogen-bond acceptors (Lipinski definition) is 5. The van der Waals surface area contributed by atoms with E-state index >= 15 is 0 Å². The third-order valence-electron chi connectivity index (χ3n) is 4.80. The highest BCUT2D eigenvalue weighted by Crippen LogP contribution is 2.38. The maximum Gasteiger partial charge on any atom is 0.354 e. The molecule has 1 aromatic carbocycles. The van der Waals surface area contributed by atoms with E-state index < -0.39 is 38.5 Å². The van der Waals surface area contributed by atoms with Crippen LogP contribution in [0, 0.1) is 3.57 Å². The van der Waals surface area contributed by atoms with Gasteiger partial charge in [0.25, 0.3) is 5.79 Å². The molecule has 1 N–H and O–H groups in total. The van der Waals surface area contributed by atoms with E-state index in [0.717, 1.165) is 22.0 Å². The first-order chi connectivity index (χ1) is 12.0. The summed E-state index contributed by atoms with van der Waals surface area (Å²) < 4.78 is 12.0. The molecule has 0 aromatic heterocycles. The van der Waals surface area contributed by atoms with Gasteiger partial charge in [-0.15, -0.1) is 0 Å². The standard InChI is InChI=1S/C18H18INO5/c21-14-9-12(10-20-14)11-3-5-13(6-4-11)19-15-16(22)24-18(25-17(15)23)7-1-2-8-18/h3-6,12H,1-2,7-10H2,(H,20,21). The van der Waals surface area contributed by atoms with Crippen molar-refractivity contribution in [2.24, 2.45) is 0 Å². The predicted octanol–water partition coefficient (Wildman–Crippen LogP) is 1.97. The van der Waals surface area contributed by atoms with E-state index in [4.69, 9.17) is 9.47 Å². The molecule has 7 heteroatoms. The van der Waals surface area contributed by atoms with Gasteiger partial charge in [-0.3, -0.25) is 4.79 Å². The van der Waals surface area contributed by atoms with Crippen LogP contribution in [0.2, 0.25) is 0 Å². The monoisotopic (exact) mass is 455 g/mol. The van der Waals surface area contributed by atoms with Crippen molar-refractivity contribution >= 4 is 42.1 Å². The Morgan fingerprint density at radius 2 is 1.64 bits per heavy atom. The molecule has 1 spiro atoms. The van der Waals surface area contributed by atoms with Gasteiger partial charge >= 0.3 is 11.9 Å². The van der Waals surface area contributed by atoms with Crippen LogP contribution in [0.5, 0.6) is 0 Å². The maximum absolute atomic E-state index is 12.3. The Kier molecular flexibility index (Phi) is 4.35. The van der Waals surface area contributed by atoms with Gasteiger partial charge in [-0.1, -0.05) is 32.9 Å². The Morgan fingerprint density at radius 3 is 2.20 bits per heavy atom. The normalized spacial score (nSPS) is 25.0. The van der Waals surface area contributed by atoms with Crippen molar-refractivity contribution in [3.05, 3.63) is 33.4 Å². The lowest BCUT2D eigenvalue weighted by Crippen LogP contribution is -2.48. The number of carbonyl (C=O) groups excluding carboxylic acids is 3. The van der Waals surface area contributed by atoms with Gasteiger partial charge in [-0.05, 0) is 30.5 Å². The second-order valence-electron chi connectivity index (χ2n) is 6.56. The van der Waals surface area contributed by atoms with Gasteiger partial charge in [0, 0.05) is 35.3 Å². The summed E-state index contributed by atoms with van der Waals surface area (Å²) in [5.74, 6) is -1.76. The number of halogens is 1. The van der Waals surface area contributed by atoms with Crippen molar-refractivity contribution in [3.63, 3.8) is 0 Å². The minimum atomic E-state index is -1.01. The molecule has 1 unspecified atom stereocenters. The van der Waals surface area contributed by atoms with Gasteiger partial charge in [0.05, 0.1) is 0 Å². The summed E-state index contributed by atoms with van der Waals surface area (Å²) in [5, 5.41) is 2.83. The molecule has 1 aromatic rings. The van der Waals surface area contributed by atoms with E-state index in [1.165, 1.54) is 0 Å². The lowest BCUT2D eigenvalue weighted by atomic mass is 9.99. The summed E-state index contributed by atoms with van der Waals surface area (Å²) in [5.41, 5.74) is 1.09. The Morgan fingerprint density at radius 1 is 1.00 bits per heavy atom. The van der Waals surface area contributed by atoms with E-state index in [-0.39, 0.29) is 15.3 Å². The molecular weight excluding hydrogens is 437 g/mol. The Bertz CT molecular complexity index is 742. The zero-order valence-corrected chi connectivity index (χ0v) is 15.7. The van der Waals surface area contributed by atoms with Gasteiger partial charge in [0.15, 0.2) is 3.51 Å². The van der Waals surface area contributed by atoms with Crippen molar-refractivity contribution in [2.75, 3.05) is 6.54 Å². The molecule has 25 heavy (non-hydrogen) atoms. The van der Waals surface area contributed by atoms with Crippen LogP contribution in [0.4, 0.5) is 0 Å². The molecule has 1 atom stereocenters. The molecule has 0 radical (unpaired) electrons. The second-order valence-corrected chi connectivity index (χ2v) is 9.43. The molecule has 3 fully saturated rings. The quantitative estimate of drug-likeness (QED) is 0.545. The Hall–Kier alpha value is -1.77. The summed E-state index contributed by atoms with van der Waals surface area (Å²) in [6, 6.07) is 7.80. The average Bonchev–Trinajstić information content (AvgIpc) is 3.21. The third kappa shape index (κ3) is 3.33. The molecule has 6 nitrogen and oxygen atoms in total. The molecule has 2 aliphatic heterocycles. The molecule has 2 heterocycles. The van der Waals surface area contributed by atoms with Crippen LogP contribution in [0.1, 0.15) is 43.6 Å². The predicted molar refractivity (Wildman–Crippen MR) is 97.9 cm³/mol. The first-order valence-electron chi connectivity index (χ1n) is 8.40. The van der Waals surface area contributed by atoms with E-state index in [9.17, 15) is 14.4 Å². The summed E-state index contributed by atoms with van der Waals surface area (Å²) in [7, 11) is 0. The van der Waals surface area contributed by atoms with Gasteiger partial charge in [-0.25, -0.2) is 9.59 Å². The van der Waals surface area contributed by atoms with Crippen LogP contribution in [-0.2, 0) is 23.9 Å². The van der Waals surface area contributed by atoms with Crippen molar-refractivity contribution in [1.29, 1.82) is 0 Å². The Labute approximate surface area is 155 Å². The first kappa shape index (κ1) is 16.7. The van der Waals surface area contributed by atoms with Crippen molar-refractivity contribution in [2.45, 2.75) is 43.8 Å². The largest absolute Gasteiger partial charge is 0.418 e. The lowest BCUT2D eigenvalue weighted by molar-refractivity contribution is -0.224. The zero-order chi connectivity index (χ0) is 17.4. The average molecular weight is 455 g/mol. The lowest BCUT2D eigenvalue weighted by Gasteiger charge is -2.32. The van der Waals surface area contributed by atoms with Crippen LogP contribution in [0.3, 0.4) is 0 Å². The second kappa shape index (κ2) is 6.51. The first-order valence-corrected chi connectivity index (χ1v) is 10.6. The fraction of sp³-hybridized carbons (Fsp3) is 0.444. The fourth-order valence-corrected chi connectivity index (χ4v) is 5.48. The van der Waals surface area contributed by atoms with Crippen molar-refractivity contribution < 1.29 is 23.9 Å². The summed E-state index contributed by atoms with van der Waals surface area (Å²) in [6.45, 7) is 0.658. The number of esters is 2. The zero-order valence-electron chi connectivity index (χ0n) is 13.5. The fourth-order valence-electron chi connectivity index (χ4n) is 3.47. The van der Waals surface area contributed by atoms with E-state index in [1.54, 1.807) is 0 Å². The summed E-state index contributed by atoms with van der Waals surface area (Å²) in [4.78, 5) is 35.9. The number of ether oxygens (including phenoxy) is 2. The number of carbonyl (C=O) groups is 3. The van der Waals surface area contributed by atoms with Crippen LogP contribution < -0.4 is 5.32 Å². The van der Waals surface area contributed by atoms with E-state index in [1.807, 2.05) is 24.3 Å². The highest BCUT2D eigenvalue weighted by atomic mass is 127. The van der Waals surface area contributed by atoms with Gasteiger partial charge in [0.1, 0.15) is 0 Å². The molecule has 1 aliphatic carbocycles. The van der Waals surface area contributed by atoms with E-state index in [0.29, 0.717) is 25.8 Å². The van der Waals surface area contributed by atoms with Crippen molar-refractivity contribution in [1.82, 2.24) is 5.32 Å². The van der Waals surface area contributed by atoms with E-state index in [2.05, 4.69) is 5.32 Å². The SMILES string of the molecule is O=C1CC(c2ccc(I=C3C(=O)OC4(CCCC4)OC3=O)cc2)CN1. The number of benzene rings is 1. The van der Waals surface area contributed by atoms with Gasteiger partial charge in [0.2, 0.25) is 5.91 Å². The number of amides is 1. The summed E-state index contributed by atoms with van der Waals surface area (Å²) in [6.07, 6.45) is 3.51. The highest BCUT2D eigenvalue weighted by molar-refractivity contribution is 14.2. The van der Waals surface area contributed by atoms with Crippen LogP contribution in [-0.4, -0.2) is 33.7 Å². The maximum atomic E-state index is 12.3. The Balaban J connectivity index is 1.51. The van der Waals surface area contributed by atoms with Crippen LogP contribution >= 0.6 is 20.7 Å². The number of rotatable bonds is 2. The molecule has 3 aliphatic rings. The number of hydrogen-bond donors (Lipinski definition) is 1. The smallest absolute Gasteiger partial charge is 0.354 e. The molecule has 4 rings (SSSR count). The molecule has 1 amide bonds. The van der Waals surface area contributed by atoms with Gasteiger partial charge in [-0.2, -0.15) is 0 Å². The van der Waals surface area contributed by atoms with Gasteiger partial charge < -0.3 is 14.8 Å². The molecule has 2 saturated heterocycles. The number of nitrogens with one attached hydrogen (secondary N) is 1. The molecule has 0 bridgehead atoms. The highest BCUT2D eigenvalue weighted by Gasteiger charge is 2.48. The molecular formula is C18H18INO5. The van der Waals surface area contributed by atoms with Crippen LogP contribution in [0.15, 0.2) is 24.3 Å². The third-order valence-corrected chi connectivity index (χ3v) is 7.57. The topological polar surface area (TPSA) is 81.7 Å². The molecule has 132 valence electrons. The minimum Gasteiger partial charge on any atom is -0.418 e.